The monoisotopic (exact) mass is 321 g/mol. The van der Waals surface area contributed by atoms with Crippen molar-refractivity contribution in [2.75, 3.05) is 5.32 Å². The normalized spacial score (nSPS) is 26.5. The third-order valence-corrected chi connectivity index (χ3v) is 4.56. The van der Waals surface area contributed by atoms with Crippen molar-refractivity contribution in [2.45, 2.75) is 42.1 Å². The minimum Gasteiger partial charge on any atom is -0.368 e. The van der Waals surface area contributed by atoms with E-state index in [2.05, 4.69) is 4.98 Å². The first-order chi connectivity index (χ1) is 9.47. The molecule has 0 saturated carbocycles. The molecule has 21 heavy (non-hydrogen) atoms. The molecule has 3 heterocycles. The lowest BCUT2D eigenvalue weighted by molar-refractivity contribution is -0.252. The van der Waals surface area contributed by atoms with Gasteiger partial charge in [0.1, 0.15) is 11.4 Å². The minimum absolute atomic E-state index is 0.218. The zero-order chi connectivity index (χ0) is 15.8. The summed E-state index contributed by atoms with van der Waals surface area (Å²) in [5.41, 5.74) is -6.16. The predicted octanol–water partition coefficient (Wildman–Crippen LogP) is 0.830. The maximum absolute atomic E-state index is 13.1. The van der Waals surface area contributed by atoms with Gasteiger partial charge in [-0.1, -0.05) is 11.8 Å². The van der Waals surface area contributed by atoms with Crippen molar-refractivity contribution in [3.63, 3.8) is 0 Å². The van der Waals surface area contributed by atoms with E-state index in [0.29, 0.717) is 0 Å². The second-order valence-corrected chi connectivity index (χ2v) is 7.21. The van der Waals surface area contributed by atoms with Crippen LogP contribution in [0.15, 0.2) is 9.95 Å². The smallest absolute Gasteiger partial charge is 0.368 e. The van der Waals surface area contributed by atoms with E-state index in [4.69, 9.17) is 0 Å². The Hall–Kier alpha value is -1.55. The average molecular weight is 321 g/mol. The summed E-state index contributed by atoms with van der Waals surface area (Å²) >= 11 is 1.22. The minimum atomic E-state index is -5.31. The SMILES string of the molecule is CC1(C)Cn2c(nc(=O)c3c2NC(=O)C3(O)C(F)(F)F)S1. The van der Waals surface area contributed by atoms with Crippen molar-refractivity contribution in [3.8, 4) is 0 Å². The van der Waals surface area contributed by atoms with E-state index in [1.54, 1.807) is 0 Å². The van der Waals surface area contributed by atoms with E-state index in [9.17, 15) is 27.9 Å². The van der Waals surface area contributed by atoms with E-state index in [-0.39, 0.29) is 22.3 Å². The Labute approximate surface area is 120 Å². The van der Waals surface area contributed by atoms with Gasteiger partial charge in [-0.15, -0.1) is 0 Å². The van der Waals surface area contributed by atoms with Gasteiger partial charge >= 0.3 is 6.18 Å². The Balaban J connectivity index is 2.31. The van der Waals surface area contributed by atoms with Crippen molar-refractivity contribution in [2.24, 2.45) is 0 Å². The second-order valence-electron chi connectivity index (χ2n) is 5.53. The lowest BCUT2D eigenvalue weighted by atomic mass is 9.97. The molecule has 10 heteroatoms. The molecule has 1 atom stereocenters. The Bertz CT molecular complexity index is 728. The van der Waals surface area contributed by atoms with E-state index in [1.165, 1.54) is 16.3 Å². The zero-order valence-electron chi connectivity index (χ0n) is 10.9. The first-order valence-corrected chi connectivity index (χ1v) is 6.74. The number of hydrogen-bond donors (Lipinski definition) is 2. The molecule has 0 saturated heterocycles. The van der Waals surface area contributed by atoms with E-state index >= 15 is 0 Å². The van der Waals surface area contributed by atoms with Gasteiger partial charge in [0.25, 0.3) is 17.1 Å². The molecule has 0 aromatic carbocycles. The third-order valence-electron chi connectivity index (χ3n) is 3.39. The number of nitrogens with one attached hydrogen (secondary N) is 1. The predicted molar refractivity (Wildman–Crippen MR) is 67.0 cm³/mol. The highest BCUT2D eigenvalue weighted by Gasteiger charge is 2.67. The molecule has 0 radical (unpaired) electrons. The van der Waals surface area contributed by atoms with Crippen LogP contribution in [0, 0.1) is 0 Å². The number of carbonyl (C=O) groups excluding carboxylic acids is 1. The molecule has 0 aliphatic carbocycles. The first kappa shape index (κ1) is 14.4. The zero-order valence-corrected chi connectivity index (χ0v) is 11.7. The van der Waals surface area contributed by atoms with Crippen LogP contribution in [-0.2, 0) is 16.9 Å². The van der Waals surface area contributed by atoms with Crippen molar-refractivity contribution >= 4 is 23.5 Å². The molecular weight excluding hydrogens is 311 g/mol. The molecule has 1 amide bonds. The van der Waals surface area contributed by atoms with E-state index in [1.807, 2.05) is 19.2 Å². The van der Waals surface area contributed by atoms with Gasteiger partial charge < -0.3 is 15.0 Å². The number of nitrogens with zero attached hydrogens (tertiary/aromatic N) is 2. The molecule has 0 spiro atoms. The van der Waals surface area contributed by atoms with Crippen LogP contribution < -0.4 is 10.9 Å². The lowest BCUT2D eigenvalue weighted by Gasteiger charge is -2.22. The number of amides is 1. The maximum atomic E-state index is 13.1. The lowest BCUT2D eigenvalue weighted by Crippen LogP contribution is -2.50. The van der Waals surface area contributed by atoms with Gasteiger partial charge in [-0.25, -0.2) is 0 Å². The molecule has 2 aliphatic rings. The second kappa shape index (κ2) is 3.80. The molecule has 1 aromatic heterocycles. The van der Waals surface area contributed by atoms with Crippen LogP contribution in [-0.4, -0.2) is 31.5 Å². The van der Waals surface area contributed by atoms with E-state index in [0.717, 1.165) is 0 Å². The largest absolute Gasteiger partial charge is 0.431 e. The number of halogens is 3. The Kier molecular flexibility index (Phi) is 2.60. The number of aliphatic hydroxyl groups is 1. The number of hydrogen-bond acceptors (Lipinski definition) is 5. The summed E-state index contributed by atoms with van der Waals surface area (Å²) in [6.07, 6.45) is -5.31. The summed E-state index contributed by atoms with van der Waals surface area (Å²) in [5.74, 6) is -2.01. The molecule has 2 N–H and O–H groups in total. The molecule has 6 nitrogen and oxygen atoms in total. The molecule has 3 rings (SSSR count). The van der Waals surface area contributed by atoms with Gasteiger partial charge in [-0.2, -0.15) is 18.2 Å². The van der Waals surface area contributed by atoms with Crippen molar-refractivity contribution in [1.82, 2.24) is 9.55 Å². The van der Waals surface area contributed by atoms with Crippen LogP contribution >= 0.6 is 11.8 Å². The van der Waals surface area contributed by atoms with E-state index < -0.39 is 28.8 Å². The molecular formula is C11H10F3N3O3S. The number of anilines is 1. The van der Waals surface area contributed by atoms with Crippen LogP contribution in [0.5, 0.6) is 0 Å². The van der Waals surface area contributed by atoms with Gasteiger partial charge in [0.15, 0.2) is 5.16 Å². The molecule has 1 aromatic rings. The van der Waals surface area contributed by atoms with Crippen LogP contribution in [0.3, 0.4) is 0 Å². The third kappa shape index (κ3) is 1.75. The van der Waals surface area contributed by atoms with Gasteiger partial charge in [0.2, 0.25) is 0 Å². The molecule has 1 unspecified atom stereocenters. The Morgan fingerprint density at radius 1 is 1.38 bits per heavy atom. The van der Waals surface area contributed by atoms with Crippen LogP contribution in [0.2, 0.25) is 0 Å². The topological polar surface area (TPSA) is 84.2 Å². The average Bonchev–Trinajstić information content (AvgIpc) is 2.74. The number of thioether (sulfide) groups is 1. The van der Waals surface area contributed by atoms with Crippen LogP contribution in [0.1, 0.15) is 19.4 Å². The molecule has 2 aliphatic heterocycles. The van der Waals surface area contributed by atoms with Crippen LogP contribution in [0.4, 0.5) is 19.0 Å². The van der Waals surface area contributed by atoms with Crippen LogP contribution in [0.25, 0.3) is 0 Å². The fourth-order valence-electron chi connectivity index (χ4n) is 2.46. The quantitative estimate of drug-likeness (QED) is 0.692. The standard InChI is InChI=1S/C11H10F3N3O3S/c1-9(2)3-17-5-4(6(18)16-8(17)21-9)10(20,7(19)15-5)11(12,13)14/h20H,3H2,1-2H3,(H,15,19). The number of alkyl halides is 3. The fourth-order valence-corrected chi connectivity index (χ4v) is 3.54. The van der Waals surface area contributed by atoms with Gasteiger partial charge in [-0.05, 0) is 13.8 Å². The number of fused-ring (bicyclic) bond motifs is 3. The molecule has 0 fully saturated rings. The van der Waals surface area contributed by atoms with Gasteiger partial charge in [0.05, 0.1) is 0 Å². The number of rotatable bonds is 0. The summed E-state index contributed by atoms with van der Waals surface area (Å²) in [6, 6.07) is 0. The summed E-state index contributed by atoms with van der Waals surface area (Å²) in [5, 5.41) is 12.0. The van der Waals surface area contributed by atoms with Gasteiger partial charge in [0, 0.05) is 11.3 Å². The summed E-state index contributed by atoms with van der Waals surface area (Å²) < 4.78 is 40.1. The summed E-state index contributed by atoms with van der Waals surface area (Å²) in [7, 11) is 0. The van der Waals surface area contributed by atoms with Crippen molar-refractivity contribution < 1.29 is 23.1 Å². The first-order valence-electron chi connectivity index (χ1n) is 5.92. The van der Waals surface area contributed by atoms with Gasteiger partial charge in [-0.3, -0.25) is 9.59 Å². The molecule has 0 bridgehead atoms. The Morgan fingerprint density at radius 2 is 2.00 bits per heavy atom. The highest BCUT2D eigenvalue weighted by atomic mass is 32.2. The highest BCUT2D eigenvalue weighted by Crippen LogP contribution is 2.48. The molecule has 114 valence electrons. The number of aromatic nitrogens is 2. The maximum Gasteiger partial charge on any atom is 0.431 e. The summed E-state index contributed by atoms with van der Waals surface area (Å²) in [4.78, 5) is 27.1. The fraction of sp³-hybridized carbons (Fsp3) is 0.545. The number of carbonyl (C=O) groups is 1. The van der Waals surface area contributed by atoms with Crippen molar-refractivity contribution in [3.05, 3.63) is 15.9 Å². The van der Waals surface area contributed by atoms with Crippen molar-refractivity contribution in [1.29, 1.82) is 0 Å². The Morgan fingerprint density at radius 3 is 2.57 bits per heavy atom. The highest BCUT2D eigenvalue weighted by molar-refractivity contribution is 8.00. The summed E-state index contributed by atoms with van der Waals surface area (Å²) in [6.45, 7) is 3.92.